The summed E-state index contributed by atoms with van der Waals surface area (Å²) < 4.78 is 13.0. The number of nitrogens with two attached hydrogens (primary N) is 1. The van der Waals surface area contributed by atoms with Crippen molar-refractivity contribution in [2.75, 3.05) is 32.0 Å². The standard InChI is InChI=1S/C25H30N4O4/c1-4-32-22-13-18(20(26)14-23(22)33-5-2)24(30)28-10-8-17(9-11-28)29-15-27-21-7-6-16(3)12-19(21)25(29)31/h6-7,12-15,17H,4-5,8-11,26H2,1-3H3. The number of fused-ring (bicyclic) bond motifs is 1. The predicted octanol–water partition coefficient (Wildman–Crippen LogP) is 3.56. The van der Waals surface area contributed by atoms with Crippen LogP contribution in [0.15, 0.2) is 41.5 Å². The second kappa shape index (κ2) is 9.52. The first-order valence-corrected chi connectivity index (χ1v) is 11.4. The lowest BCUT2D eigenvalue weighted by Gasteiger charge is -2.33. The number of amides is 1. The molecule has 174 valence electrons. The number of ether oxygens (including phenoxy) is 2. The third-order valence-electron chi connectivity index (χ3n) is 6.03. The minimum Gasteiger partial charge on any atom is -0.490 e. The van der Waals surface area contributed by atoms with Gasteiger partial charge in [-0.15, -0.1) is 0 Å². The van der Waals surface area contributed by atoms with Gasteiger partial charge in [0, 0.05) is 30.9 Å². The van der Waals surface area contributed by atoms with Crippen molar-refractivity contribution in [3.63, 3.8) is 0 Å². The Morgan fingerprint density at radius 3 is 2.42 bits per heavy atom. The number of nitrogen functional groups attached to an aromatic ring is 1. The zero-order valence-electron chi connectivity index (χ0n) is 19.3. The summed E-state index contributed by atoms with van der Waals surface area (Å²) in [4.78, 5) is 32.5. The summed E-state index contributed by atoms with van der Waals surface area (Å²) in [6, 6.07) is 9.01. The summed E-state index contributed by atoms with van der Waals surface area (Å²) in [7, 11) is 0. The summed E-state index contributed by atoms with van der Waals surface area (Å²) in [5, 5.41) is 0.627. The number of nitrogens with zero attached hydrogens (tertiary/aromatic N) is 3. The van der Waals surface area contributed by atoms with Gasteiger partial charge in [-0.25, -0.2) is 4.98 Å². The van der Waals surface area contributed by atoms with Crippen LogP contribution in [0, 0.1) is 6.92 Å². The molecule has 0 saturated carbocycles. The van der Waals surface area contributed by atoms with Crippen LogP contribution in [0.5, 0.6) is 11.5 Å². The van der Waals surface area contributed by atoms with Gasteiger partial charge in [0.15, 0.2) is 11.5 Å². The van der Waals surface area contributed by atoms with E-state index in [0.29, 0.717) is 72.8 Å². The molecule has 4 rings (SSSR count). The number of hydrogen-bond acceptors (Lipinski definition) is 6. The van der Waals surface area contributed by atoms with Crippen molar-refractivity contribution in [3.05, 3.63) is 58.1 Å². The molecule has 1 aromatic heterocycles. The average molecular weight is 451 g/mol. The number of anilines is 1. The third kappa shape index (κ3) is 4.51. The molecule has 0 aliphatic carbocycles. The molecule has 8 nitrogen and oxygen atoms in total. The maximum atomic E-state index is 13.2. The fraction of sp³-hybridized carbons (Fsp3) is 0.400. The molecule has 33 heavy (non-hydrogen) atoms. The van der Waals surface area contributed by atoms with Gasteiger partial charge in [0.05, 0.1) is 36.0 Å². The van der Waals surface area contributed by atoms with E-state index in [1.807, 2.05) is 39.0 Å². The van der Waals surface area contributed by atoms with E-state index in [1.165, 1.54) is 0 Å². The number of hydrogen-bond donors (Lipinski definition) is 1. The van der Waals surface area contributed by atoms with E-state index in [-0.39, 0.29) is 17.5 Å². The van der Waals surface area contributed by atoms with Crippen molar-refractivity contribution in [2.24, 2.45) is 0 Å². The Morgan fingerprint density at radius 1 is 1.09 bits per heavy atom. The third-order valence-corrected chi connectivity index (χ3v) is 6.03. The van der Waals surface area contributed by atoms with Gasteiger partial charge in [-0.2, -0.15) is 0 Å². The summed E-state index contributed by atoms with van der Waals surface area (Å²) in [6.07, 6.45) is 2.96. The lowest BCUT2D eigenvalue weighted by Crippen LogP contribution is -2.41. The molecule has 0 bridgehead atoms. The Balaban J connectivity index is 1.52. The normalized spacial score (nSPS) is 14.5. The largest absolute Gasteiger partial charge is 0.490 e. The first kappa shape index (κ1) is 22.6. The zero-order valence-corrected chi connectivity index (χ0v) is 19.3. The first-order chi connectivity index (χ1) is 15.9. The monoisotopic (exact) mass is 450 g/mol. The molecule has 1 fully saturated rings. The minimum atomic E-state index is -0.144. The second-order valence-corrected chi connectivity index (χ2v) is 8.25. The quantitative estimate of drug-likeness (QED) is 0.577. The van der Waals surface area contributed by atoms with E-state index in [0.717, 1.165) is 5.56 Å². The maximum absolute atomic E-state index is 13.2. The summed E-state index contributed by atoms with van der Waals surface area (Å²) in [6.45, 7) is 7.70. The van der Waals surface area contributed by atoms with Gasteiger partial charge in [-0.05, 0) is 51.8 Å². The van der Waals surface area contributed by atoms with Crippen molar-refractivity contribution < 1.29 is 14.3 Å². The molecule has 3 aromatic rings. The fourth-order valence-corrected chi connectivity index (χ4v) is 4.32. The summed E-state index contributed by atoms with van der Waals surface area (Å²) in [5.74, 6) is 0.899. The first-order valence-electron chi connectivity index (χ1n) is 11.4. The lowest BCUT2D eigenvalue weighted by molar-refractivity contribution is 0.0694. The van der Waals surface area contributed by atoms with Crippen LogP contribution >= 0.6 is 0 Å². The van der Waals surface area contributed by atoms with Crippen LogP contribution in [-0.2, 0) is 0 Å². The van der Waals surface area contributed by atoms with Crippen molar-refractivity contribution in [1.82, 2.24) is 14.5 Å². The van der Waals surface area contributed by atoms with E-state index >= 15 is 0 Å². The highest BCUT2D eigenvalue weighted by Crippen LogP contribution is 2.34. The molecule has 0 atom stereocenters. The molecule has 0 unspecified atom stereocenters. The van der Waals surface area contributed by atoms with Gasteiger partial charge in [0.25, 0.3) is 11.5 Å². The topological polar surface area (TPSA) is 99.7 Å². The van der Waals surface area contributed by atoms with Gasteiger partial charge in [-0.3, -0.25) is 14.2 Å². The molecule has 1 aliphatic rings. The lowest BCUT2D eigenvalue weighted by atomic mass is 10.0. The molecule has 2 heterocycles. The van der Waals surface area contributed by atoms with Crippen LogP contribution in [0.3, 0.4) is 0 Å². The van der Waals surface area contributed by atoms with E-state index in [2.05, 4.69) is 4.98 Å². The Hall–Kier alpha value is -3.55. The number of carbonyl (C=O) groups is 1. The predicted molar refractivity (Wildman–Crippen MR) is 128 cm³/mol. The van der Waals surface area contributed by atoms with Crippen molar-refractivity contribution in [1.29, 1.82) is 0 Å². The molecule has 0 radical (unpaired) electrons. The molecule has 8 heteroatoms. The van der Waals surface area contributed by atoms with Gasteiger partial charge in [0.2, 0.25) is 0 Å². The smallest absolute Gasteiger partial charge is 0.261 e. The van der Waals surface area contributed by atoms with Gasteiger partial charge in [-0.1, -0.05) is 11.6 Å². The molecule has 1 aliphatic heterocycles. The van der Waals surface area contributed by atoms with E-state index in [9.17, 15) is 9.59 Å². The summed E-state index contributed by atoms with van der Waals surface area (Å²) in [5.41, 5.74) is 8.64. The molecular formula is C25H30N4O4. The average Bonchev–Trinajstić information content (AvgIpc) is 2.81. The van der Waals surface area contributed by atoms with Gasteiger partial charge in [0.1, 0.15) is 0 Å². The molecule has 1 amide bonds. The molecule has 2 N–H and O–H groups in total. The van der Waals surface area contributed by atoms with Gasteiger partial charge >= 0.3 is 0 Å². The van der Waals surface area contributed by atoms with Crippen LogP contribution in [0.2, 0.25) is 0 Å². The number of aryl methyl sites for hydroxylation is 1. The number of aromatic nitrogens is 2. The van der Waals surface area contributed by atoms with Crippen LogP contribution < -0.4 is 20.8 Å². The van der Waals surface area contributed by atoms with Crippen molar-refractivity contribution in [2.45, 2.75) is 39.7 Å². The number of piperidine rings is 1. The Morgan fingerprint density at radius 2 is 1.76 bits per heavy atom. The van der Waals surface area contributed by atoms with Crippen molar-refractivity contribution in [3.8, 4) is 11.5 Å². The SMILES string of the molecule is CCOc1cc(N)c(C(=O)N2CCC(n3cnc4ccc(C)cc4c3=O)CC2)cc1OCC. The number of benzene rings is 2. The van der Waals surface area contributed by atoms with Crippen molar-refractivity contribution >= 4 is 22.5 Å². The molecule has 2 aromatic carbocycles. The Labute approximate surface area is 192 Å². The molecular weight excluding hydrogens is 420 g/mol. The van der Waals surface area contributed by atoms with Crippen LogP contribution in [-0.4, -0.2) is 46.7 Å². The highest BCUT2D eigenvalue weighted by atomic mass is 16.5. The Kier molecular flexibility index (Phi) is 6.53. The molecule has 0 spiro atoms. The van der Waals surface area contributed by atoms with Gasteiger partial charge < -0.3 is 20.1 Å². The van der Waals surface area contributed by atoms with Crippen LogP contribution in [0.4, 0.5) is 5.69 Å². The van der Waals surface area contributed by atoms with E-state index in [1.54, 1.807) is 27.9 Å². The highest BCUT2D eigenvalue weighted by Gasteiger charge is 2.27. The van der Waals surface area contributed by atoms with Crippen LogP contribution in [0.1, 0.15) is 48.7 Å². The zero-order chi connectivity index (χ0) is 23.5. The summed E-state index contributed by atoms with van der Waals surface area (Å²) >= 11 is 0. The van der Waals surface area contributed by atoms with Crippen LogP contribution in [0.25, 0.3) is 10.9 Å². The van der Waals surface area contributed by atoms with E-state index in [4.69, 9.17) is 15.2 Å². The number of carbonyl (C=O) groups excluding carboxylic acids is 1. The second-order valence-electron chi connectivity index (χ2n) is 8.25. The number of likely N-dealkylation sites (tertiary alicyclic amines) is 1. The minimum absolute atomic E-state index is 0.00405. The van der Waals surface area contributed by atoms with E-state index < -0.39 is 0 Å². The highest BCUT2D eigenvalue weighted by molar-refractivity contribution is 6.00. The fourth-order valence-electron chi connectivity index (χ4n) is 4.32. The Bertz CT molecular complexity index is 1230. The molecule has 1 saturated heterocycles. The maximum Gasteiger partial charge on any atom is 0.261 e. The number of rotatable bonds is 6.